The lowest BCUT2D eigenvalue weighted by Crippen LogP contribution is -2.24. The van der Waals surface area contributed by atoms with E-state index in [0.29, 0.717) is 34.4 Å². The third-order valence-electron chi connectivity index (χ3n) is 3.86. The molecular formula is C22H26ClNO5. The molecule has 2 rings (SSSR count). The van der Waals surface area contributed by atoms with Gasteiger partial charge in [0.1, 0.15) is 22.7 Å². The number of methoxy groups -OCH3 is 1. The molecule has 0 heterocycles. The van der Waals surface area contributed by atoms with Crippen LogP contribution < -0.4 is 14.8 Å². The molecule has 0 aliphatic rings. The van der Waals surface area contributed by atoms with Crippen LogP contribution in [0.5, 0.6) is 11.5 Å². The van der Waals surface area contributed by atoms with Crippen molar-refractivity contribution >= 4 is 29.2 Å². The molecule has 0 unspecified atom stereocenters. The fraction of sp³-hybridized carbons (Fsp3) is 0.364. The summed E-state index contributed by atoms with van der Waals surface area (Å²) in [4.78, 5) is 25.0. The quantitative estimate of drug-likeness (QED) is 0.646. The van der Waals surface area contributed by atoms with Crippen molar-refractivity contribution in [3.05, 3.63) is 52.0 Å². The van der Waals surface area contributed by atoms with E-state index >= 15 is 0 Å². The number of halogens is 1. The van der Waals surface area contributed by atoms with Crippen LogP contribution in [0.25, 0.3) is 0 Å². The van der Waals surface area contributed by atoms with E-state index in [0.717, 1.165) is 5.56 Å². The molecule has 6 nitrogen and oxygen atoms in total. The highest BCUT2D eigenvalue weighted by atomic mass is 35.5. The highest BCUT2D eigenvalue weighted by Crippen LogP contribution is 2.31. The van der Waals surface area contributed by atoms with Gasteiger partial charge in [-0.1, -0.05) is 11.6 Å². The van der Waals surface area contributed by atoms with Crippen LogP contribution in [0.4, 0.5) is 5.69 Å². The van der Waals surface area contributed by atoms with E-state index in [2.05, 4.69) is 5.32 Å². The molecule has 0 aromatic heterocycles. The predicted octanol–water partition coefficient (Wildman–Crippen LogP) is 5.26. The van der Waals surface area contributed by atoms with E-state index in [9.17, 15) is 9.59 Å². The maximum absolute atomic E-state index is 12.7. The normalized spacial score (nSPS) is 11.0. The first-order chi connectivity index (χ1) is 13.6. The summed E-state index contributed by atoms with van der Waals surface area (Å²) < 4.78 is 16.2. The first-order valence-corrected chi connectivity index (χ1v) is 9.59. The minimum Gasteiger partial charge on any atom is -0.496 e. The Bertz CT molecular complexity index is 895. The Morgan fingerprint density at radius 2 is 1.83 bits per heavy atom. The van der Waals surface area contributed by atoms with Gasteiger partial charge in [0.25, 0.3) is 5.91 Å². The van der Waals surface area contributed by atoms with Crippen molar-refractivity contribution in [1.82, 2.24) is 0 Å². The highest BCUT2D eigenvalue weighted by molar-refractivity contribution is 6.32. The van der Waals surface area contributed by atoms with Gasteiger partial charge in [0.05, 0.1) is 18.7 Å². The van der Waals surface area contributed by atoms with Gasteiger partial charge in [0.2, 0.25) is 0 Å². The maximum Gasteiger partial charge on any atom is 0.342 e. The van der Waals surface area contributed by atoms with Crippen molar-refractivity contribution in [3.8, 4) is 11.5 Å². The van der Waals surface area contributed by atoms with Crippen LogP contribution in [-0.2, 0) is 4.74 Å². The third kappa shape index (κ3) is 5.87. The van der Waals surface area contributed by atoms with E-state index in [1.807, 2.05) is 13.8 Å². The Balaban J connectivity index is 2.24. The summed E-state index contributed by atoms with van der Waals surface area (Å²) >= 11 is 6.24. The van der Waals surface area contributed by atoms with Gasteiger partial charge in [-0.25, -0.2) is 4.79 Å². The largest absolute Gasteiger partial charge is 0.496 e. The molecule has 0 spiro atoms. The van der Waals surface area contributed by atoms with E-state index < -0.39 is 11.6 Å². The smallest absolute Gasteiger partial charge is 0.342 e. The molecule has 2 aromatic carbocycles. The summed E-state index contributed by atoms with van der Waals surface area (Å²) in [7, 11) is 1.45. The number of nitrogens with one attached hydrogen (secondary N) is 1. The summed E-state index contributed by atoms with van der Waals surface area (Å²) in [6.07, 6.45) is 0. The van der Waals surface area contributed by atoms with Crippen molar-refractivity contribution in [2.24, 2.45) is 0 Å². The van der Waals surface area contributed by atoms with Gasteiger partial charge >= 0.3 is 5.97 Å². The van der Waals surface area contributed by atoms with E-state index in [4.69, 9.17) is 25.8 Å². The monoisotopic (exact) mass is 419 g/mol. The second kappa shape index (κ2) is 9.18. The molecule has 0 bridgehead atoms. The van der Waals surface area contributed by atoms with Crippen LogP contribution in [0.15, 0.2) is 30.3 Å². The fourth-order valence-electron chi connectivity index (χ4n) is 2.66. The van der Waals surface area contributed by atoms with E-state index in [1.54, 1.807) is 51.1 Å². The summed E-state index contributed by atoms with van der Waals surface area (Å²) in [5.74, 6) is 0.0262. The van der Waals surface area contributed by atoms with Crippen LogP contribution in [0.3, 0.4) is 0 Å². The summed E-state index contributed by atoms with van der Waals surface area (Å²) in [5, 5.41) is 3.15. The van der Waals surface area contributed by atoms with Gasteiger partial charge in [0, 0.05) is 17.3 Å². The lowest BCUT2D eigenvalue weighted by Gasteiger charge is -2.20. The predicted molar refractivity (Wildman–Crippen MR) is 113 cm³/mol. The van der Waals surface area contributed by atoms with Gasteiger partial charge in [-0.15, -0.1) is 0 Å². The van der Waals surface area contributed by atoms with Crippen LogP contribution >= 0.6 is 11.6 Å². The molecule has 7 heteroatoms. The molecule has 0 aliphatic heterocycles. The number of aryl methyl sites for hydroxylation is 1. The van der Waals surface area contributed by atoms with Gasteiger partial charge < -0.3 is 19.5 Å². The Morgan fingerprint density at radius 3 is 2.38 bits per heavy atom. The Labute approximate surface area is 176 Å². The van der Waals surface area contributed by atoms with Crippen LogP contribution in [0, 0.1) is 6.92 Å². The second-order valence-electron chi connectivity index (χ2n) is 7.41. The molecule has 0 radical (unpaired) electrons. The average molecular weight is 420 g/mol. The number of hydrogen-bond acceptors (Lipinski definition) is 5. The van der Waals surface area contributed by atoms with Crippen molar-refractivity contribution in [3.63, 3.8) is 0 Å². The van der Waals surface area contributed by atoms with E-state index in [-0.39, 0.29) is 11.5 Å². The van der Waals surface area contributed by atoms with Crippen molar-refractivity contribution < 1.29 is 23.8 Å². The van der Waals surface area contributed by atoms with Crippen LogP contribution in [0.2, 0.25) is 5.02 Å². The van der Waals surface area contributed by atoms with Gasteiger partial charge in [-0.2, -0.15) is 0 Å². The zero-order chi connectivity index (χ0) is 21.8. The summed E-state index contributed by atoms with van der Waals surface area (Å²) in [6.45, 7) is 9.54. The molecule has 0 saturated carbocycles. The number of benzene rings is 2. The molecule has 0 atom stereocenters. The Hall–Kier alpha value is -2.73. The number of carbonyl (C=O) groups excluding carboxylic acids is 2. The molecule has 1 amide bonds. The van der Waals surface area contributed by atoms with Crippen molar-refractivity contribution in [2.45, 2.75) is 40.2 Å². The average Bonchev–Trinajstić information content (AvgIpc) is 2.62. The van der Waals surface area contributed by atoms with Crippen molar-refractivity contribution in [1.29, 1.82) is 0 Å². The zero-order valence-electron chi connectivity index (χ0n) is 17.5. The molecular weight excluding hydrogens is 394 g/mol. The van der Waals surface area contributed by atoms with E-state index in [1.165, 1.54) is 7.11 Å². The second-order valence-corrected chi connectivity index (χ2v) is 7.82. The van der Waals surface area contributed by atoms with Gasteiger partial charge in [-0.05, 0) is 64.4 Å². The molecule has 156 valence electrons. The molecule has 0 saturated heterocycles. The number of rotatable bonds is 6. The molecule has 2 aromatic rings. The number of ether oxygens (including phenoxy) is 3. The SMILES string of the molecule is CCOc1c(C)cc(C(=O)Nc2ccc(C(=O)OC(C)(C)C)c(OC)c2)cc1Cl. The lowest BCUT2D eigenvalue weighted by atomic mass is 10.1. The van der Waals surface area contributed by atoms with Crippen molar-refractivity contribution in [2.75, 3.05) is 19.0 Å². The number of amides is 1. The lowest BCUT2D eigenvalue weighted by molar-refractivity contribution is 0.00665. The minimum atomic E-state index is -0.625. The topological polar surface area (TPSA) is 73.9 Å². The number of hydrogen-bond donors (Lipinski definition) is 1. The summed E-state index contributed by atoms with van der Waals surface area (Å²) in [6, 6.07) is 8.00. The van der Waals surface area contributed by atoms with Gasteiger partial charge in [0.15, 0.2) is 0 Å². The number of anilines is 1. The van der Waals surface area contributed by atoms with Crippen LogP contribution in [0.1, 0.15) is 54.0 Å². The third-order valence-corrected chi connectivity index (χ3v) is 4.14. The first kappa shape index (κ1) is 22.6. The molecule has 29 heavy (non-hydrogen) atoms. The molecule has 0 fully saturated rings. The fourth-order valence-corrected chi connectivity index (χ4v) is 2.98. The number of carbonyl (C=O) groups is 2. The summed E-state index contributed by atoms with van der Waals surface area (Å²) in [5.41, 5.74) is 1.29. The minimum absolute atomic E-state index is 0.278. The molecule has 0 aliphatic carbocycles. The number of esters is 1. The van der Waals surface area contributed by atoms with Crippen LogP contribution in [-0.4, -0.2) is 31.2 Å². The molecule has 1 N–H and O–H groups in total. The standard InChI is InChI=1S/C22H26ClNO5/c1-7-28-19-13(2)10-14(11-17(19)23)20(25)24-15-8-9-16(18(12-15)27-6)21(26)29-22(3,4)5/h8-12H,7H2,1-6H3,(H,24,25). The Morgan fingerprint density at radius 1 is 1.14 bits per heavy atom. The first-order valence-electron chi connectivity index (χ1n) is 9.21. The Kier molecular flexibility index (Phi) is 7.14. The van der Waals surface area contributed by atoms with Gasteiger partial charge in [-0.3, -0.25) is 4.79 Å². The zero-order valence-corrected chi connectivity index (χ0v) is 18.3. The highest BCUT2D eigenvalue weighted by Gasteiger charge is 2.21. The maximum atomic E-state index is 12.7.